The average Bonchev–Trinajstić information content (AvgIpc) is 3.14. The van der Waals surface area contributed by atoms with Crippen LogP contribution in [0.4, 0.5) is 0 Å². The van der Waals surface area contributed by atoms with Crippen molar-refractivity contribution in [2.75, 3.05) is 0 Å². The van der Waals surface area contributed by atoms with Crippen LogP contribution in [0.5, 0.6) is 0 Å². The Balaban J connectivity index is 2.04. The largest absolute Gasteiger partial charge is 0.0767 e. The molecule has 3 aromatic carbocycles. The minimum atomic E-state index is -0.487. The van der Waals surface area contributed by atoms with Gasteiger partial charge in [0.25, 0.3) is 0 Å². The van der Waals surface area contributed by atoms with E-state index >= 15 is 0 Å². The molecule has 0 unspecified atom stereocenters. The number of hydrogen-bond acceptors (Lipinski definition) is 0. The normalized spacial score (nSPS) is 16.0. The van der Waals surface area contributed by atoms with Gasteiger partial charge in [-0.3, -0.25) is 0 Å². The lowest BCUT2D eigenvalue weighted by molar-refractivity contribution is 1.24. The zero-order valence-corrected chi connectivity index (χ0v) is 12.6. The molecule has 0 N–H and O–H groups in total. The molecule has 0 saturated carbocycles. The molecule has 2 aliphatic carbocycles. The van der Waals surface area contributed by atoms with E-state index in [9.17, 15) is 0 Å². The second kappa shape index (κ2) is 2.82. The summed E-state index contributed by atoms with van der Waals surface area (Å²) in [5.74, 6) is 0. The van der Waals surface area contributed by atoms with Crippen molar-refractivity contribution < 1.29 is 0 Å². The van der Waals surface area contributed by atoms with Crippen molar-refractivity contribution in [3.63, 3.8) is 0 Å². The molecule has 7 rings (SSSR count). The van der Waals surface area contributed by atoms with Crippen molar-refractivity contribution in [1.29, 1.82) is 0 Å². The van der Waals surface area contributed by atoms with Gasteiger partial charge >= 0.3 is 0 Å². The molecule has 2 heterocycles. The van der Waals surface area contributed by atoms with Crippen LogP contribution >= 0.6 is 0 Å². The Labute approximate surface area is 123 Å². The van der Waals surface area contributed by atoms with Gasteiger partial charge < -0.3 is 0 Å². The van der Waals surface area contributed by atoms with Gasteiger partial charge in [-0.1, -0.05) is 36.0 Å². The highest BCUT2D eigenvalue weighted by atomic mass is 28.2. The molecule has 0 fully saturated rings. The quantitative estimate of drug-likeness (QED) is 0.286. The maximum Gasteiger partial charge on any atom is 0.0520 e. The van der Waals surface area contributed by atoms with E-state index in [1.807, 2.05) is 0 Å². The molecule has 96 valence electrons. The predicted octanol–water partition coefficient (Wildman–Crippen LogP) is 4.34. The maximum atomic E-state index is 2.57. The lowest BCUT2D eigenvalue weighted by atomic mass is 9.96. The fourth-order valence-corrected chi connectivity index (χ4v) is 8.06. The van der Waals surface area contributed by atoms with E-state index in [0.29, 0.717) is 0 Å². The molecule has 4 aromatic rings. The van der Waals surface area contributed by atoms with Crippen LogP contribution in [0.1, 0.15) is 27.8 Å². The maximum absolute atomic E-state index is 2.57. The van der Waals surface area contributed by atoms with Crippen molar-refractivity contribution in [3.05, 3.63) is 63.8 Å². The van der Waals surface area contributed by atoms with E-state index in [1.54, 1.807) is 59.7 Å². The first-order chi connectivity index (χ1) is 10.4. The molecular formula is C20H12Si. The summed E-state index contributed by atoms with van der Waals surface area (Å²) in [6.07, 6.45) is 2.31. The first-order valence-electron chi connectivity index (χ1n) is 7.85. The van der Waals surface area contributed by atoms with E-state index in [-0.39, 0.29) is 0 Å². The second-order valence-electron chi connectivity index (χ2n) is 6.93. The minimum Gasteiger partial charge on any atom is -0.0767 e. The average molecular weight is 280 g/mol. The molecule has 0 amide bonds. The Kier molecular flexibility index (Phi) is 1.32. The smallest absolute Gasteiger partial charge is 0.0520 e. The summed E-state index contributed by atoms with van der Waals surface area (Å²) in [5, 5.41) is 8.23. The molecular weight excluding hydrogens is 268 g/mol. The second-order valence-corrected chi connectivity index (χ2v) is 9.17. The summed E-state index contributed by atoms with van der Waals surface area (Å²) in [4.78, 5) is 1.77. The fraction of sp³-hybridized carbons (Fsp3) is 0.150. The van der Waals surface area contributed by atoms with Crippen LogP contribution in [0.25, 0.3) is 31.9 Å². The fourth-order valence-electron chi connectivity index (χ4n) is 5.28. The Morgan fingerprint density at radius 2 is 1.10 bits per heavy atom. The highest BCUT2D eigenvalue weighted by molar-refractivity contribution is 6.71. The highest BCUT2D eigenvalue weighted by Gasteiger charge is 2.30. The third-order valence-electron chi connectivity index (χ3n) is 6.03. The standard InChI is InChI=1S/C20H12Si/c1-2-11-8-13-5-6-21-9-14-4-3-12-7-10(1)15-16(11)18(13)20(21)19(14)17(12)15/h1-6H,7-9H2. The summed E-state index contributed by atoms with van der Waals surface area (Å²) in [6, 6.07) is 13.4. The minimum absolute atomic E-state index is 0.487. The molecule has 0 spiro atoms. The molecule has 0 radical (unpaired) electrons. The third kappa shape index (κ3) is 0.866. The van der Waals surface area contributed by atoms with Gasteiger partial charge in [-0.15, -0.1) is 0 Å². The summed E-state index contributed by atoms with van der Waals surface area (Å²) in [5.41, 5.74) is 10.5. The zero-order valence-electron chi connectivity index (χ0n) is 11.6. The van der Waals surface area contributed by atoms with Gasteiger partial charge in [0, 0.05) is 0 Å². The molecule has 21 heavy (non-hydrogen) atoms. The van der Waals surface area contributed by atoms with Gasteiger partial charge in [0.2, 0.25) is 0 Å². The first kappa shape index (κ1) is 9.86. The van der Waals surface area contributed by atoms with Crippen LogP contribution in [0, 0.1) is 0 Å². The van der Waals surface area contributed by atoms with Crippen molar-refractivity contribution >= 4 is 40.3 Å². The van der Waals surface area contributed by atoms with Crippen LogP contribution < -0.4 is 0 Å². The van der Waals surface area contributed by atoms with Crippen LogP contribution in [-0.4, -0.2) is 8.40 Å². The Hall–Kier alpha value is -1.99. The van der Waals surface area contributed by atoms with Gasteiger partial charge in [0.15, 0.2) is 0 Å². The van der Waals surface area contributed by atoms with Crippen molar-refractivity contribution in [1.82, 2.24) is 0 Å². The Morgan fingerprint density at radius 3 is 1.81 bits per heavy atom. The van der Waals surface area contributed by atoms with Crippen LogP contribution in [-0.2, 0) is 18.9 Å². The van der Waals surface area contributed by atoms with E-state index in [0.717, 1.165) is 12.8 Å². The number of rotatable bonds is 0. The van der Waals surface area contributed by atoms with Crippen LogP contribution in [0.2, 0.25) is 0 Å². The van der Waals surface area contributed by atoms with Crippen molar-refractivity contribution in [2.45, 2.75) is 18.9 Å². The summed E-state index contributed by atoms with van der Waals surface area (Å²) < 4.78 is 0. The summed E-state index contributed by atoms with van der Waals surface area (Å²) in [6.45, 7) is 0. The number of hydrogen-bond donors (Lipinski definition) is 0. The lowest BCUT2D eigenvalue weighted by Gasteiger charge is -2.08. The highest BCUT2D eigenvalue weighted by Crippen LogP contribution is 2.50. The molecule has 0 atom stereocenters. The number of benzene rings is 3. The molecule has 0 bridgehead atoms. The van der Waals surface area contributed by atoms with Gasteiger partial charge in [0.1, 0.15) is 0 Å². The molecule has 1 aromatic heterocycles. The molecule has 0 nitrogen and oxygen atoms in total. The van der Waals surface area contributed by atoms with Gasteiger partial charge in [-0.25, -0.2) is 0 Å². The molecule has 1 aliphatic heterocycles. The monoisotopic (exact) mass is 280 g/mol. The van der Waals surface area contributed by atoms with E-state index < -0.39 is 8.40 Å². The summed E-state index contributed by atoms with van der Waals surface area (Å²) in [7, 11) is -0.487. The van der Waals surface area contributed by atoms with E-state index in [2.05, 4.69) is 36.0 Å². The molecule has 3 aliphatic rings. The van der Waals surface area contributed by atoms with Gasteiger partial charge in [-0.05, 0) is 78.6 Å². The predicted molar refractivity (Wildman–Crippen MR) is 89.6 cm³/mol. The van der Waals surface area contributed by atoms with Gasteiger partial charge in [-0.2, -0.15) is 0 Å². The van der Waals surface area contributed by atoms with E-state index in [4.69, 9.17) is 0 Å². The van der Waals surface area contributed by atoms with E-state index in [1.165, 1.54) is 6.04 Å². The molecule has 0 saturated heterocycles. The zero-order chi connectivity index (χ0) is 13.3. The lowest BCUT2D eigenvalue weighted by Crippen LogP contribution is -1.96. The Bertz CT molecular complexity index is 926. The Morgan fingerprint density at radius 1 is 0.571 bits per heavy atom. The molecule has 1 heteroatoms. The SMILES string of the molecule is c1cc2c3c4c1Cc1ccc5c(c14)c1c3c(cc[si]1C5)C2. The summed E-state index contributed by atoms with van der Waals surface area (Å²) >= 11 is 0. The van der Waals surface area contributed by atoms with Crippen molar-refractivity contribution in [2.24, 2.45) is 0 Å². The van der Waals surface area contributed by atoms with Crippen LogP contribution in [0.3, 0.4) is 0 Å². The van der Waals surface area contributed by atoms with Gasteiger partial charge in [0.05, 0.1) is 8.40 Å². The van der Waals surface area contributed by atoms with Crippen molar-refractivity contribution in [3.8, 4) is 0 Å². The third-order valence-corrected chi connectivity index (χ3v) is 8.50. The topological polar surface area (TPSA) is 0 Å². The van der Waals surface area contributed by atoms with Crippen LogP contribution in [0.15, 0.2) is 36.0 Å². The first-order valence-corrected chi connectivity index (χ1v) is 9.64.